The van der Waals surface area contributed by atoms with Crippen molar-refractivity contribution in [3.8, 4) is 0 Å². The second-order valence-electron chi connectivity index (χ2n) is 5.41. The number of sulfonamides is 1. The minimum absolute atomic E-state index is 0.353. The zero-order chi connectivity index (χ0) is 13.9. The van der Waals surface area contributed by atoms with Gasteiger partial charge in [-0.1, -0.05) is 17.7 Å². The molecule has 4 nitrogen and oxygen atoms in total. The van der Waals surface area contributed by atoms with Crippen molar-refractivity contribution in [1.29, 1.82) is 0 Å². The van der Waals surface area contributed by atoms with Gasteiger partial charge in [0, 0.05) is 6.54 Å². The average Bonchev–Trinajstić information content (AvgIpc) is 2.39. The topological polar surface area (TPSA) is 49.4 Å². The van der Waals surface area contributed by atoms with E-state index in [0.717, 1.165) is 31.5 Å². The lowest BCUT2D eigenvalue weighted by atomic mass is 9.98. The third-order valence-electron chi connectivity index (χ3n) is 3.73. The van der Waals surface area contributed by atoms with Crippen LogP contribution in [0.15, 0.2) is 29.2 Å². The van der Waals surface area contributed by atoms with Gasteiger partial charge in [0.25, 0.3) is 0 Å². The molecule has 1 heterocycles. The highest BCUT2D eigenvalue weighted by Crippen LogP contribution is 2.16. The third kappa shape index (κ3) is 4.03. The zero-order valence-electron chi connectivity index (χ0n) is 11.6. The van der Waals surface area contributed by atoms with Gasteiger partial charge in [-0.2, -0.15) is 0 Å². The Balaban J connectivity index is 1.92. The van der Waals surface area contributed by atoms with Crippen LogP contribution in [-0.4, -0.2) is 40.0 Å². The third-order valence-corrected chi connectivity index (χ3v) is 5.17. The van der Waals surface area contributed by atoms with E-state index in [0.29, 0.717) is 17.4 Å². The predicted molar refractivity (Wildman–Crippen MR) is 76.6 cm³/mol. The van der Waals surface area contributed by atoms with Gasteiger partial charge in [0.2, 0.25) is 10.0 Å². The number of benzene rings is 1. The Morgan fingerprint density at radius 2 is 1.79 bits per heavy atom. The second kappa shape index (κ2) is 6.03. The molecule has 1 N–H and O–H groups in total. The summed E-state index contributed by atoms with van der Waals surface area (Å²) in [5.41, 5.74) is 1.06. The van der Waals surface area contributed by atoms with Crippen molar-refractivity contribution in [2.45, 2.75) is 24.7 Å². The fourth-order valence-corrected chi connectivity index (χ4v) is 3.41. The number of aryl methyl sites for hydroxylation is 1. The monoisotopic (exact) mass is 282 g/mol. The van der Waals surface area contributed by atoms with Crippen molar-refractivity contribution >= 4 is 10.0 Å². The number of hydrogen-bond acceptors (Lipinski definition) is 3. The molecule has 0 atom stereocenters. The zero-order valence-corrected chi connectivity index (χ0v) is 12.4. The molecule has 1 aromatic rings. The van der Waals surface area contributed by atoms with Crippen molar-refractivity contribution in [2.24, 2.45) is 5.92 Å². The molecule has 0 spiro atoms. The molecule has 106 valence electrons. The highest BCUT2D eigenvalue weighted by atomic mass is 32.2. The van der Waals surface area contributed by atoms with Crippen LogP contribution in [0.25, 0.3) is 0 Å². The summed E-state index contributed by atoms with van der Waals surface area (Å²) in [5.74, 6) is 0.455. The van der Waals surface area contributed by atoms with E-state index in [4.69, 9.17) is 0 Å². The molecule has 19 heavy (non-hydrogen) atoms. The van der Waals surface area contributed by atoms with E-state index in [-0.39, 0.29) is 0 Å². The molecule has 0 bridgehead atoms. The molecule has 1 aliphatic heterocycles. The first kappa shape index (κ1) is 14.5. The van der Waals surface area contributed by atoms with E-state index >= 15 is 0 Å². The van der Waals surface area contributed by atoms with E-state index in [1.54, 1.807) is 12.1 Å². The van der Waals surface area contributed by atoms with Crippen molar-refractivity contribution in [3.63, 3.8) is 0 Å². The minimum atomic E-state index is -3.35. The Hall–Kier alpha value is -0.910. The molecule has 1 fully saturated rings. The smallest absolute Gasteiger partial charge is 0.240 e. The standard InChI is InChI=1S/C14H22N2O2S/c1-12-3-5-14(6-4-12)19(17,18)15-11-13-7-9-16(2)10-8-13/h3-6,13,15H,7-11H2,1-2H3. The maximum atomic E-state index is 12.1. The summed E-state index contributed by atoms with van der Waals surface area (Å²) in [7, 11) is -1.25. The molecule has 5 heteroatoms. The lowest BCUT2D eigenvalue weighted by Crippen LogP contribution is -2.36. The molecule has 1 saturated heterocycles. The van der Waals surface area contributed by atoms with Crippen molar-refractivity contribution in [2.75, 3.05) is 26.7 Å². The number of rotatable bonds is 4. The first-order chi connectivity index (χ1) is 8.97. The molecule has 0 amide bonds. The van der Waals surface area contributed by atoms with Crippen LogP contribution in [0.5, 0.6) is 0 Å². The summed E-state index contributed by atoms with van der Waals surface area (Å²) in [6.45, 7) is 4.60. The van der Waals surface area contributed by atoms with Crippen LogP contribution in [-0.2, 0) is 10.0 Å². The summed E-state index contributed by atoms with van der Waals surface area (Å²) in [4.78, 5) is 2.64. The Morgan fingerprint density at radius 1 is 1.21 bits per heavy atom. The molecule has 0 aliphatic carbocycles. The molecule has 1 aliphatic rings. The van der Waals surface area contributed by atoms with Gasteiger partial charge in [0.05, 0.1) is 4.90 Å². The van der Waals surface area contributed by atoms with Gasteiger partial charge < -0.3 is 4.90 Å². The van der Waals surface area contributed by atoms with Gasteiger partial charge in [-0.15, -0.1) is 0 Å². The van der Waals surface area contributed by atoms with Crippen molar-refractivity contribution in [1.82, 2.24) is 9.62 Å². The number of hydrogen-bond donors (Lipinski definition) is 1. The quantitative estimate of drug-likeness (QED) is 0.913. The fraction of sp³-hybridized carbons (Fsp3) is 0.571. The van der Waals surface area contributed by atoms with E-state index in [1.165, 1.54) is 0 Å². The van der Waals surface area contributed by atoms with Crippen LogP contribution >= 0.6 is 0 Å². The average molecular weight is 282 g/mol. The number of nitrogens with one attached hydrogen (secondary N) is 1. The maximum absolute atomic E-state index is 12.1. The van der Waals surface area contributed by atoms with Crippen LogP contribution in [0.3, 0.4) is 0 Å². The lowest BCUT2D eigenvalue weighted by Gasteiger charge is -2.28. The number of likely N-dealkylation sites (tertiary alicyclic amines) is 1. The lowest BCUT2D eigenvalue weighted by molar-refractivity contribution is 0.220. The van der Waals surface area contributed by atoms with E-state index in [9.17, 15) is 8.42 Å². The minimum Gasteiger partial charge on any atom is -0.306 e. The molecule has 0 saturated carbocycles. The Morgan fingerprint density at radius 3 is 2.37 bits per heavy atom. The van der Waals surface area contributed by atoms with Gasteiger partial charge >= 0.3 is 0 Å². The molecular formula is C14H22N2O2S. The highest BCUT2D eigenvalue weighted by molar-refractivity contribution is 7.89. The predicted octanol–water partition coefficient (Wildman–Crippen LogP) is 1.62. The van der Waals surface area contributed by atoms with Crippen molar-refractivity contribution < 1.29 is 8.42 Å². The molecule has 2 rings (SSSR count). The summed E-state index contributed by atoms with van der Waals surface area (Å²) < 4.78 is 27.0. The molecule has 0 unspecified atom stereocenters. The summed E-state index contributed by atoms with van der Waals surface area (Å²) in [6.07, 6.45) is 2.12. The molecular weight excluding hydrogens is 260 g/mol. The van der Waals surface area contributed by atoms with Crippen LogP contribution in [0.2, 0.25) is 0 Å². The molecule has 1 aromatic carbocycles. The van der Waals surface area contributed by atoms with Crippen molar-refractivity contribution in [3.05, 3.63) is 29.8 Å². The highest BCUT2D eigenvalue weighted by Gasteiger charge is 2.20. The largest absolute Gasteiger partial charge is 0.306 e. The summed E-state index contributed by atoms with van der Waals surface area (Å²) in [6, 6.07) is 6.97. The van der Waals surface area contributed by atoms with Crippen LogP contribution < -0.4 is 4.72 Å². The molecule has 0 radical (unpaired) electrons. The second-order valence-corrected chi connectivity index (χ2v) is 7.18. The Bertz CT molecular complexity index is 503. The SMILES string of the molecule is Cc1ccc(S(=O)(=O)NCC2CCN(C)CC2)cc1. The van der Waals surface area contributed by atoms with Crippen LogP contribution in [0, 0.1) is 12.8 Å². The maximum Gasteiger partial charge on any atom is 0.240 e. The van der Waals surface area contributed by atoms with E-state index < -0.39 is 10.0 Å². The van der Waals surface area contributed by atoms with E-state index in [1.807, 2.05) is 19.1 Å². The Labute approximate surface area is 115 Å². The number of piperidine rings is 1. The van der Waals surface area contributed by atoms with Gasteiger partial charge in [-0.3, -0.25) is 0 Å². The van der Waals surface area contributed by atoms with Gasteiger partial charge in [-0.25, -0.2) is 13.1 Å². The molecule has 0 aromatic heterocycles. The van der Waals surface area contributed by atoms with Gasteiger partial charge in [-0.05, 0) is 58.0 Å². The fourth-order valence-electron chi connectivity index (χ4n) is 2.29. The number of nitrogens with zero attached hydrogens (tertiary/aromatic N) is 1. The van der Waals surface area contributed by atoms with Crippen LogP contribution in [0.4, 0.5) is 0 Å². The first-order valence-corrected chi connectivity index (χ1v) is 8.20. The van der Waals surface area contributed by atoms with E-state index in [2.05, 4.69) is 16.7 Å². The van der Waals surface area contributed by atoms with Gasteiger partial charge in [0.1, 0.15) is 0 Å². The first-order valence-electron chi connectivity index (χ1n) is 6.72. The summed E-state index contributed by atoms with van der Waals surface area (Å²) >= 11 is 0. The van der Waals surface area contributed by atoms with Gasteiger partial charge in [0.15, 0.2) is 0 Å². The Kier molecular flexibility index (Phi) is 4.60. The summed E-state index contributed by atoms with van der Waals surface area (Å²) in [5, 5.41) is 0. The van der Waals surface area contributed by atoms with Crippen LogP contribution in [0.1, 0.15) is 18.4 Å². The normalized spacial score (nSPS) is 18.6.